The van der Waals surface area contributed by atoms with Crippen LogP contribution in [0, 0.1) is 5.82 Å². The van der Waals surface area contributed by atoms with Gasteiger partial charge in [-0.25, -0.2) is 9.18 Å². The Morgan fingerprint density at radius 2 is 2.06 bits per heavy atom. The predicted molar refractivity (Wildman–Crippen MR) is 61.6 cm³/mol. The predicted octanol–water partition coefficient (Wildman–Crippen LogP) is 1.70. The van der Waals surface area contributed by atoms with E-state index in [0.29, 0.717) is 5.75 Å². The second-order valence-electron chi connectivity index (χ2n) is 4.12. The van der Waals surface area contributed by atoms with E-state index in [1.54, 1.807) is 14.1 Å². The Morgan fingerprint density at radius 1 is 1.47 bits per heavy atom. The lowest BCUT2D eigenvalue weighted by Crippen LogP contribution is -2.46. The number of carbonyl (C=O) groups is 1. The minimum atomic E-state index is -1.34. The molecule has 0 fully saturated rings. The van der Waals surface area contributed by atoms with Gasteiger partial charge in [0.2, 0.25) is 0 Å². The number of benzene rings is 1. The molecule has 1 aromatic carbocycles. The molecule has 1 rings (SSSR count). The third-order valence-corrected chi connectivity index (χ3v) is 3.00. The van der Waals surface area contributed by atoms with Crippen molar-refractivity contribution >= 4 is 5.97 Å². The third kappa shape index (κ3) is 2.24. The summed E-state index contributed by atoms with van der Waals surface area (Å²) in [7, 11) is 4.67. The van der Waals surface area contributed by atoms with Crippen LogP contribution in [0.1, 0.15) is 12.5 Å². The first kappa shape index (κ1) is 13.4. The standard InChI is InChI=1S/C12H16FNO3/c1-12(11(15)16,14(2)3)9-7-8(13)5-6-10(9)17-4/h5-7H,1-4H3,(H,15,16). The summed E-state index contributed by atoms with van der Waals surface area (Å²) < 4.78 is 18.4. The topological polar surface area (TPSA) is 49.8 Å². The van der Waals surface area contributed by atoms with Crippen molar-refractivity contribution in [3.63, 3.8) is 0 Å². The molecule has 5 heteroatoms. The summed E-state index contributed by atoms with van der Waals surface area (Å²) in [6.07, 6.45) is 0. The molecule has 17 heavy (non-hydrogen) atoms. The zero-order valence-electron chi connectivity index (χ0n) is 10.3. The maximum atomic E-state index is 13.3. The molecular formula is C12H16FNO3. The summed E-state index contributed by atoms with van der Waals surface area (Å²) in [5, 5.41) is 9.35. The fourth-order valence-corrected chi connectivity index (χ4v) is 1.61. The Kier molecular flexibility index (Phi) is 3.72. The first-order valence-electron chi connectivity index (χ1n) is 5.09. The van der Waals surface area contributed by atoms with Crippen molar-refractivity contribution in [3.8, 4) is 5.75 Å². The van der Waals surface area contributed by atoms with Gasteiger partial charge < -0.3 is 9.84 Å². The van der Waals surface area contributed by atoms with Gasteiger partial charge in [0, 0.05) is 5.56 Å². The van der Waals surface area contributed by atoms with Crippen molar-refractivity contribution in [1.82, 2.24) is 4.90 Å². The monoisotopic (exact) mass is 241 g/mol. The molecule has 0 spiro atoms. The first-order chi connectivity index (χ1) is 7.83. The largest absolute Gasteiger partial charge is 0.496 e. The fraction of sp³-hybridized carbons (Fsp3) is 0.417. The van der Waals surface area contributed by atoms with Gasteiger partial charge in [-0.1, -0.05) is 0 Å². The van der Waals surface area contributed by atoms with E-state index in [4.69, 9.17) is 4.74 Å². The van der Waals surface area contributed by atoms with E-state index in [0.717, 1.165) is 0 Å². The number of carboxylic acids is 1. The molecule has 94 valence electrons. The summed E-state index contributed by atoms with van der Waals surface area (Å²) in [5.41, 5.74) is -1.05. The van der Waals surface area contributed by atoms with Crippen LogP contribution in [0.5, 0.6) is 5.75 Å². The average molecular weight is 241 g/mol. The highest BCUT2D eigenvalue weighted by Gasteiger charge is 2.40. The van der Waals surface area contributed by atoms with Crippen LogP contribution in [-0.4, -0.2) is 37.2 Å². The number of methoxy groups -OCH3 is 1. The molecule has 0 radical (unpaired) electrons. The highest BCUT2D eigenvalue weighted by molar-refractivity contribution is 5.81. The van der Waals surface area contributed by atoms with Crippen molar-refractivity contribution in [1.29, 1.82) is 0 Å². The van der Waals surface area contributed by atoms with Gasteiger partial charge in [-0.2, -0.15) is 0 Å². The van der Waals surface area contributed by atoms with Crippen LogP contribution in [0.3, 0.4) is 0 Å². The zero-order valence-corrected chi connectivity index (χ0v) is 10.3. The molecule has 1 N–H and O–H groups in total. The Labute approximate surface area is 99.6 Å². The molecular weight excluding hydrogens is 225 g/mol. The second kappa shape index (κ2) is 4.71. The lowest BCUT2D eigenvalue weighted by Gasteiger charge is -2.33. The minimum absolute atomic E-state index is 0.289. The van der Waals surface area contributed by atoms with Crippen molar-refractivity contribution in [2.45, 2.75) is 12.5 Å². The van der Waals surface area contributed by atoms with E-state index < -0.39 is 17.3 Å². The van der Waals surface area contributed by atoms with Crippen LogP contribution < -0.4 is 4.74 Å². The Bertz CT molecular complexity index is 434. The smallest absolute Gasteiger partial charge is 0.328 e. The van der Waals surface area contributed by atoms with E-state index in [1.807, 2.05) is 0 Å². The van der Waals surface area contributed by atoms with Gasteiger partial charge in [0.05, 0.1) is 7.11 Å². The number of ether oxygens (including phenoxy) is 1. The minimum Gasteiger partial charge on any atom is -0.496 e. The normalized spacial score (nSPS) is 14.5. The lowest BCUT2D eigenvalue weighted by molar-refractivity contribution is -0.149. The van der Waals surface area contributed by atoms with Gasteiger partial charge in [0.15, 0.2) is 0 Å². The van der Waals surface area contributed by atoms with Crippen molar-refractivity contribution in [3.05, 3.63) is 29.6 Å². The molecule has 0 aliphatic carbocycles. The highest BCUT2D eigenvalue weighted by atomic mass is 19.1. The molecule has 1 unspecified atom stereocenters. The lowest BCUT2D eigenvalue weighted by atomic mass is 9.90. The molecule has 1 atom stereocenters. The Balaban J connectivity index is 3.47. The van der Waals surface area contributed by atoms with Crippen LogP contribution in [0.4, 0.5) is 4.39 Å². The van der Waals surface area contributed by atoms with Crippen molar-refractivity contribution < 1.29 is 19.0 Å². The van der Waals surface area contributed by atoms with E-state index in [9.17, 15) is 14.3 Å². The van der Waals surface area contributed by atoms with E-state index in [1.165, 1.54) is 37.1 Å². The van der Waals surface area contributed by atoms with Crippen LogP contribution in [0.15, 0.2) is 18.2 Å². The zero-order chi connectivity index (χ0) is 13.2. The first-order valence-corrected chi connectivity index (χ1v) is 5.09. The molecule has 0 heterocycles. The van der Waals surface area contributed by atoms with Gasteiger partial charge in [-0.05, 0) is 39.2 Å². The summed E-state index contributed by atoms with van der Waals surface area (Å²) in [6, 6.07) is 3.85. The summed E-state index contributed by atoms with van der Waals surface area (Å²) in [6.45, 7) is 1.51. The molecule has 0 saturated heterocycles. The number of nitrogens with zero attached hydrogens (tertiary/aromatic N) is 1. The van der Waals surface area contributed by atoms with Crippen LogP contribution in [-0.2, 0) is 10.3 Å². The molecule has 4 nitrogen and oxygen atoms in total. The number of aliphatic carboxylic acids is 1. The number of halogens is 1. The molecule has 0 bridgehead atoms. The Morgan fingerprint density at radius 3 is 2.47 bits per heavy atom. The quantitative estimate of drug-likeness (QED) is 0.871. The second-order valence-corrected chi connectivity index (χ2v) is 4.12. The molecule has 1 aromatic rings. The number of carboxylic acid groups (broad SMARTS) is 1. The summed E-state index contributed by atoms with van der Waals surface area (Å²) in [4.78, 5) is 12.9. The van der Waals surface area contributed by atoms with E-state index in [-0.39, 0.29) is 5.56 Å². The summed E-state index contributed by atoms with van der Waals surface area (Å²) in [5.74, 6) is -1.20. The number of rotatable bonds is 4. The van der Waals surface area contributed by atoms with Crippen molar-refractivity contribution in [2.24, 2.45) is 0 Å². The maximum absolute atomic E-state index is 13.3. The number of hydrogen-bond donors (Lipinski definition) is 1. The van der Waals surface area contributed by atoms with Crippen molar-refractivity contribution in [2.75, 3.05) is 21.2 Å². The van der Waals surface area contributed by atoms with Gasteiger partial charge in [-0.3, -0.25) is 4.90 Å². The van der Waals surface area contributed by atoms with E-state index in [2.05, 4.69) is 0 Å². The average Bonchev–Trinajstić information content (AvgIpc) is 2.27. The van der Waals surface area contributed by atoms with Gasteiger partial charge in [0.25, 0.3) is 0 Å². The highest BCUT2D eigenvalue weighted by Crippen LogP contribution is 2.34. The van der Waals surface area contributed by atoms with Gasteiger partial charge in [-0.15, -0.1) is 0 Å². The molecule has 0 aliphatic rings. The fourth-order valence-electron chi connectivity index (χ4n) is 1.61. The third-order valence-electron chi connectivity index (χ3n) is 3.00. The van der Waals surface area contributed by atoms with Crippen LogP contribution >= 0.6 is 0 Å². The number of hydrogen-bond acceptors (Lipinski definition) is 3. The molecule has 0 saturated carbocycles. The van der Waals surface area contributed by atoms with Gasteiger partial charge >= 0.3 is 5.97 Å². The van der Waals surface area contributed by atoms with E-state index >= 15 is 0 Å². The number of likely N-dealkylation sites (N-methyl/N-ethyl adjacent to an activating group) is 1. The molecule has 0 aromatic heterocycles. The van der Waals surface area contributed by atoms with Crippen LogP contribution in [0.25, 0.3) is 0 Å². The Hall–Kier alpha value is -1.62. The van der Waals surface area contributed by atoms with Crippen LogP contribution in [0.2, 0.25) is 0 Å². The SMILES string of the molecule is COc1ccc(F)cc1C(C)(C(=O)O)N(C)C. The maximum Gasteiger partial charge on any atom is 0.328 e. The summed E-state index contributed by atoms with van der Waals surface area (Å²) >= 11 is 0. The molecule has 0 aliphatic heterocycles. The van der Waals surface area contributed by atoms with Gasteiger partial charge in [0.1, 0.15) is 17.1 Å². The molecule has 0 amide bonds.